The Morgan fingerprint density at radius 1 is 0.929 bits per heavy atom. The number of phenols is 2. The molecule has 2 rings (SSSR count). The summed E-state index contributed by atoms with van der Waals surface area (Å²) in [5.74, 6) is -0.630. The van der Waals surface area contributed by atoms with Gasteiger partial charge in [0.05, 0.1) is 0 Å². The van der Waals surface area contributed by atoms with Crippen LogP contribution in [0.1, 0.15) is 96.9 Å². The Balaban J connectivity index is 2.62. The molecule has 0 aliphatic rings. The molecule has 9 heteroatoms. The van der Waals surface area contributed by atoms with E-state index in [-0.39, 0.29) is 30.4 Å². The summed E-state index contributed by atoms with van der Waals surface area (Å²) in [6, 6.07) is 9.23. The highest BCUT2D eigenvalue weighted by Crippen LogP contribution is 2.29. The minimum absolute atomic E-state index is 0.0842. The predicted molar refractivity (Wildman–Crippen MR) is 164 cm³/mol. The predicted octanol–water partition coefficient (Wildman–Crippen LogP) is 5.91. The minimum Gasteiger partial charge on any atom is -0.508 e. The third-order valence-electron chi connectivity index (χ3n) is 6.50. The molecule has 232 valence electrons. The molecule has 0 saturated heterocycles. The van der Waals surface area contributed by atoms with Crippen LogP contribution in [0.2, 0.25) is 0 Å². The first-order chi connectivity index (χ1) is 19.5. The lowest BCUT2D eigenvalue weighted by molar-refractivity contribution is -0.143. The average Bonchev–Trinajstić information content (AvgIpc) is 2.86. The highest BCUT2D eigenvalue weighted by atomic mass is 16.6. The van der Waals surface area contributed by atoms with Crippen molar-refractivity contribution in [3.63, 3.8) is 0 Å². The average molecular weight is 584 g/mol. The number of nitrogens with zero attached hydrogens (tertiary/aromatic N) is 1. The van der Waals surface area contributed by atoms with E-state index in [1.165, 1.54) is 23.1 Å². The fraction of sp³-hybridized carbons (Fsp3) is 0.545. The molecule has 0 fully saturated rings. The number of nitrogens with one attached hydrogen (secondary N) is 2. The summed E-state index contributed by atoms with van der Waals surface area (Å²) >= 11 is 0. The second-order valence-electron chi connectivity index (χ2n) is 12.8. The zero-order chi connectivity index (χ0) is 31.7. The molecule has 3 amide bonds. The van der Waals surface area contributed by atoms with Gasteiger partial charge in [-0.1, -0.05) is 44.4 Å². The molecular weight excluding hydrogens is 534 g/mol. The zero-order valence-corrected chi connectivity index (χ0v) is 26.4. The van der Waals surface area contributed by atoms with E-state index in [9.17, 15) is 24.6 Å². The Kier molecular flexibility index (Phi) is 12.3. The van der Waals surface area contributed by atoms with E-state index in [0.29, 0.717) is 23.1 Å². The standard InChI is InChI=1S/C33H49N3O6/c1-9-10-11-12-19-36(28(29(39)35-32(3,4)5)24-15-18-27(38)22(2)20-24)30(40)26(34-31(41)42-33(6,7)8)21-23-13-16-25(37)17-14-23/h13-18,20,26,28,37-38H,9-12,19,21H2,1-8H3,(H,34,41)(H,35,39). The van der Waals surface area contributed by atoms with Gasteiger partial charge in [-0.25, -0.2) is 4.79 Å². The van der Waals surface area contributed by atoms with Gasteiger partial charge in [0.25, 0.3) is 0 Å². The Morgan fingerprint density at radius 3 is 2.12 bits per heavy atom. The molecule has 0 aliphatic carbocycles. The number of aromatic hydroxyl groups is 2. The molecule has 9 nitrogen and oxygen atoms in total. The lowest BCUT2D eigenvalue weighted by atomic mass is 9.97. The fourth-order valence-electron chi connectivity index (χ4n) is 4.55. The number of ether oxygens (including phenoxy) is 1. The van der Waals surface area contributed by atoms with Crippen molar-refractivity contribution in [3.05, 3.63) is 59.2 Å². The van der Waals surface area contributed by atoms with Gasteiger partial charge in [-0.15, -0.1) is 0 Å². The zero-order valence-electron chi connectivity index (χ0n) is 26.4. The van der Waals surface area contributed by atoms with Gasteiger partial charge < -0.3 is 30.5 Å². The van der Waals surface area contributed by atoms with Gasteiger partial charge in [-0.05, 0) is 95.8 Å². The van der Waals surface area contributed by atoms with Crippen molar-refractivity contribution in [2.75, 3.05) is 6.54 Å². The van der Waals surface area contributed by atoms with Gasteiger partial charge in [-0.3, -0.25) is 9.59 Å². The van der Waals surface area contributed by atoms with Crippen LogP contribution < -0.4 is 10.6 Å². The topological polar surface area (TPSA) is 128 Å². The van der Waals surface area contributed by atoms with Crippen molar-refractivity contribution < 1.29 is 29.3 Å². The molecule has 2 aromatic rings. The molecule has 0 aliphatic heterocycles. The van der Waals surface area contributed by atoms with E-state index < -0.39 is 35.2 Å². The first-order valence-electron chi connectivity index (χ1n) is 14.7. The Labute approximate surface area is 250 Å². The largest absolute Gasteiger partial charge is 0.508 e. The molecule has 0 radical (unpaired) electrons. The van der Waals surface area contributed by atoms with Gasteiger partial charge >= 0.3 is 6.09 Å². The number of amides is 3. The maximum atomic E-state index is 14.5. The number of carbonyl (C=O) groups is 3. The van der Waals surface area contributed by atoms with E-state index in [0.717, 1.165) is 19.3 Å². The number of rotatable bonds is 12. The van der Waals surface area contributed by atoms with Gasteiger partial charge in [0, 0.05) is 18.5 Å². The highest BCUT2D eigenvalue weighted by Gasteiger charge is 2.37. The maximum absolute atomic E-state index is 14.5. The van der Waals surface area contributed by atoms with E-state index in [4.69, 9.17) is 4.74 Å². The molecule has 0 aromatic heterocycles. The van der Waals surface area contributed by atoms with Gasteiger partial charge in [0.2, 0.25) is 11.8 Å². The molecule has 0 bridgehead atoms. The van der Waals surface area contributed by atoms with Crippen molar-refractivity contribution in [2.45, 2.75) is 111 Å². The van der Waals surface area contributed by atoms with Crippen LogP contribution in [0.5, 0.6) is 11.5 Å². The third-order valence-corrected chi connectivity index (χ3v) is 6.50. The molecule has 0 saturated carbocycles. The number of benzene rings is 2. The van der Waals surface area contributed by atoms with Crippen LogP contribution in [-0.4, -0.2) is 56.7 Å². The molecule has 2 unspecified atom stereocenters. The second-order valence-corrected chi connectivity index (χ2v) is 12.8. The number of aryl methyl sites for hydroxylation is 1. The maximum Gasteiger partial charge on any atom is 0.408 e. The van der Waals surface area contributed by atoms with Crippen LogP contribution in [0.3, 0.4) is 0 Å². The van der Waals surface area contributed by atoms with Gasteiger partial charge in [-0.2, -0.15) is 0 Å². The third kappa shape index (κ3) is 11.3. The first-order valence-corrected chi connectivity index (χ1v) is 14.7. The van der Waals surface area contributed by atoms with Gasteiger partial charge in [0.1, 0.15) is 29.2 Å². The molecule has 2 aromatic carbocycles. The number of phenolic OH excluding ortho intramolecular Hbond substituents is 2. The Morgan fingerprint density at radius 2 is 1.57 bits per heavy atom. The normalized spacial score (nSPS) is 13.1. The van der Waals surface area contributed by atoms with Crippen LogP contribution in [0.25, 0.3) is 0 Å². The first kappa shape index (κ1) is 34.5. The molecule has 42 heavy (non-hydrogen) atoms. The lowest BCUT2D eigenvalue weighted by Gasteiger charge is -2.36. The van der Waals surface area contributed by atoms with Crippen LogP contribution in [0.4, 0.5) is 4.79 Å². The summed E-state index contributed by atoms with van der Waals surface area (Å²) < 4.78 is 5.49. The quantitative estimate of drug-likeness (QED) is 0.230. The summed E-state index contributed by atoms with van der Waals surface area (Å²) in [7, 11) is 0. The fourth-order valence-corrected chi connectivity index (χ4v) is 4.55. The number of unbranched alkanes of at least 4 members (excludes halogenated alkanes) is 3. The molecule has 0 heterocycles. The lowest BCUT2D eigenvalue weighted by Crippen LogP contribution is -2.55. The van der Waals surface area contributed by atoms with Crippen molar-refractivity contribution in [2.24, 2.45) is 0 Å². The van der Waals surface area contributed by atoms with Crippen LogP contribution in [-0.2, 0) is 20.7 Å². The number of hydrogen-bond donors (Lipinski definition) is 4. The Hall–Kier alpha value is -3.75. The number of carbonyl (C=O) groups excluding carboxylic acids is 3. The van der Waals surface area contributed by atoms with Crippen LogP contribution in [0.15, 0.2) is 42.5 Å². The monoisotopic (exact) mass is 583 g/mol. The van der Waals surface area contributed by atoms with Crippen molar-refractivity contribution in [1.29, 1.82) is 0 Å². The van der Waals surface area contributed by atoms with Crippen molar-refractivity contribution >= 4 is 17.9 Å². The summed E-state index contributed by atoms with van der Waals surface area (Å²) in [4.78, 5) is 42.9. The van der Waals surface area contributed by atoms with Crippen molar-refractivity contribution in [1.82, 2.24) is 15.5 Å². The van der Waals surface area contributed by atoms with E-state index in [2.05, 4.69) is 17.6 Å². The smallest absolute Gasteiger partial charge is 0.408 e. The van der Waals surface area contributed by atoms with E-state index in [1.54, 1.807) is 52.0 Å². The van der Waals surface area contributed by atoms with Gasteiger partial charge in [0.15, 0.2) is 0 Å². The minimum atomic E-state index is -1.06. The second kappa shape index (κ2) is 14.9. The molecule has 2 atom stereocenters. The highest BCUT2D eigenvalue weighted by molar-refractivity contribution is 5.92. The Bertz CT molecular complexity index is 1200. The van der Waals surface area contributed by atoms with Crippen molar-refractivity contribution in [3.8, 4) is 11.5 Å². The molecular formula is C33H49N3O6. The molecule has 4 N–H and O–H groups in total. The summed E-state index contributed by atoms with van der Waals surface area (Å²) in [5, 5.41) is 25.7. The van der Waals surface area contributed by atoms with Crippen LogP contribution >= 0.6 is 0 Å². The van der Waals surface area contributed by atoms with E-state index >= 15 is 0 Å². The SMILES string of the molecule is CCCCCCN(C(=O)C(Cc1ccc(O)cc1)NC(=O)OC(C)(C)C)C(C(=O)NC(C)(C)C)c1ccc(O)c(C)c1. The van der Waals surface area contributed by atoms with E-state index in [1.807, 2.05) is 20.8 Å². The van der Waals surface area contributed by atoms with Crippen LogP contribution in [0, 0.1) is 6.92 Å². The summed E-state index contributed by atoms with van der Waals surface area (Å²) in [6.07, 6.45) is 2.88. The summed E-state index contributed by atoms with van der Waals surface area (Å²) in [6.45, 7) is 14.9. The summed E-state index contributed by atoms with van der Waals surface area (Å²) in [5.41, 5.74) is 0.487. The number of alkyl carbamates (subject to hydrolysis) is 1. The molecule has 0 spiro atoms. The number of hydrogen-bond acceptors (Lipinski definition) is 6.